The predicted octanol–water partition coefficient (Wildman–Crippen LogP) is 3.33. The van der Waals surface area contributed by atoms with Gasteiger partial charge in [-0.2, -0.15) is 5.26 Å². The first-order chi connectivity index (χ1) is 9.62. The van der Waals surface area contributed by atoms with Crippen LogP contribution in [0.25, 0.3) is 4.85 Å². The molecule has 2 rings (SSSR count). The van der Waals surface area contributed by atoms with Crippen LogP contribution in [-0.4, -0.2) is 7.11 Å². The Hall–Kier alpha value is -2.72. The Kier molecular flexibility index (Phi) is 3.77. The minimum atomic E-state index is -0.325. The van der Waals surface area contributed by atoms with E-state index in [4.69, 9.17) is 11.3 Å². The van der Waals surface area contributed by atoms with Crippen molar-refractivity contribution in [1.29, 1.82) is 5.26 Å². The largest absolute Gasteiger partial charge is 0.497 e. The average Bonchev–Trinajstić information content (AvgIpc) is 2.46. The minimum Gasteiger partial charge on any atom is -0.497 e. The number of methoxy groups -OCH3 is 1. The van der Waals surface area contributed by atoms with E-state index in [9.17, 15) is 5.26 Å². The first-order valence-corrected chi connectivity index (χ1v) is 6.22. The molecule has 1 aromatic carbocycles. The maximum Gasteiger partial charge on any atom is 0.196 e. The molecular formula is C16H15N3O. The van der Waals surface area contributed by atoms with Gasteiger partial charge in [0.1, 0.15) is 5.75 Å². The van der Waals surface area contributed by atoms with E-state index < -0.39 is 0 Å². The van der Waals surface area contributed by atoms with E-state index in [0.29, 0.717) is 11.3 Å². The first-order valence-electron chi connectivity index (χ1n) is 6.22. The van der Waals surface area contributed by atoms with Crippen molar-refractivity contribution in [3.8, 4) is 11.8 Å². The molecule has 20 heavy (non-hydrogen) atoms. The molecule has 0 aliphatic carbocycles. The van der Waals surface area contributed by atoms with Gasteiger partial charge in [-0.15, -0.1) is 0 Å². The topological polar surface area (TPSA) is 49.4 Å². The normalized spacial score (nSPS) is 18.1. The van der Waals surface area contributed by atoms with Gasteiger partial charge in [-0.05, 0) is 31.5 Å². The highest BCUT2D eigenvalue weighted by molar-refractivity contribution is 5.53. The summed E-state index contributed by atoms with van der Waals surface area (Å²) in [7, 11) is 1.60. The lowest BCUT2D eigenvalue weighted by molar-refractivity contribution is 0.414. The van der Waals surface area contributed by atoms with Crippen molar-refractivity contribution >= 4 is 0 Å². The highest BCUT2D eigenvalue weighted by Crippen LogP contribution is 2.39. The number of nitriles is 1. The summed E-state index contributed by atoms with van der Waals surface area (Å²) >= 11 is 0. The molecule has 0 saturated carbocycles. The van der Waals surface area contributed by atoms with Crippen LogP contribution >= 0.6 is 0 Å². The molecule has 4 heteroatoms. The van der Waals surface area contributed by atoms with Crippen LogP contribution in [0.2, 0.25) is 0 Å². The van der Waals surface area contributed by atoms with Gasteiger partial charge < -0.3 is 10.1 Å². The molecule has 0 fully saturated rings. The fraction of sp³-hybridized carbons (Fsp3) is 0.250. The highest BCUT2D eigenvalue weighted by Gasteiger charge is 2.29. The molecule has 1 aliphatic heterocycles. The molecule has 1 N–H and O–H groups in total. The Morgan fingerprint density at radius 2 is 2.10 bits per heavy atom. The second-order valence-electron chi connectivity index (χ2n) is 4.61. The molecule has 0 radical (unpaired) electrons. The summed E-state index contributed by atoms with van der Waals surface area (Å²) in [5.74, 6) is 0.395. The lowest BCUT2D eigenvalue weighted by Crippen LogP contribution is -2.22. The van der Waals surface area contributed by atoms with Gasteiger partial charge in [-0.1, -0.05) is 12.1 Å². The SMILES string of the molecule is [C-]#[N+]C1=C(C)NC(C)=C(C#N)C1c1cccc(OC)c1. The van der Waals surface area contributed by atoms with Crippen LogP contribution < -0.4 is 10.1 Å². The Morgan fingerprint density at radius 3 is 2.70 bits per heavy atom. The summed E-state index contributed by atoms with van der Waals surface area (Å²) in [5, 5.41) is 12.5. The lowest BCUT2D eigenvalue weighted by atomic mass is 9.85. The van der Waals surface area contributed by atoms with Crippen molar-refractivity contribution in [2.24, 2.45) is 0 Å². The summed E-state index contributed by atoms with van der Waals surface area (Å²) in [4.78, 5) is 3.62. The highest BCUT2D eigenvalue weighted by atomic mass is 16.5. The third-order valence-corrected chi connectivity index (χ3v) is 3.39. The van der Waals surface area contributed by atoms with Crippen LogP contribution in [0.15, 0.2) is 46.9 Å². The minimum absolute atomic E-state index is 0.325. The van der Waals surface area contributed by atoms with Crippen LogP contribution in [0.4, 0.5) is 0 Å². The van der Waals surface area contributed by atoms with Gasteiger partial charge in [-0.3, -0.25) is 0 Å². The quantitative estimate of drug-likeness (QED) is 0.834. The third kappa shape index (κ3) is 2.24. The van der Waals surface area contributed by atoms with E-state index in [1.165, 1.54) is 0 Å². The molecule has 1 aromatic rings. The van der Waals surface area contributed by atoms with Gasteiger partial charge in [0.25, 0.3) is 0 Å². The third-order valence-electron chi connectivity index (χ3n) is 3.39. The van der Waals surface area contributed by atoms with E-state index in [1.54, 1.807) is 7.11 Å². The molecule has 0 spiro atoms. The molecule has 1 heterocycles. The molecule has 1 atom stereocenters. The monoisotopic (exact) mass is 265 g/mol. The fourth-order valence-corrected chi connectivity index (χ4v) is 2.42. The summed E-state index contributed by atoms with van der Waals surface area (Å²) in [6.45, 7) is 11.1. The molecule has 1 aliphatic rings. The first kappa shape index (κ1) is 13.7. The zero-order chi connectivity index (χ0) is 14.7. The van der Waals surface area contributed by atoms with Gasteiger partial charge in [0, 0.05) is 11.4 Å². The van der Waals surface area contributed by atoms with E-state index in [0.717, 1.165) is 22.7 Å². The molecule has 0 saturated heterocycles. The molecular weight excluding hydrogens is 250 g/mol. The Labute approximate surface area is 118 Å². The predicted molar refractivity (Wildman–Crippen MR) is 76.5 cm³/mol. The average molecular weight is 265 g/mol. The van der Waals surface area contributed by atoms with Gasteiger partial charge in [-0.25, -0.2) is 4.85 Å². The Bertz CT molecular complexity index is 650. The van der Waals surface area contributed by atoms with Crippen LogP contribution in [-0.2, 0) is 0 Å². The molecule has 0 bridgehead atoms. The van der Waals surface area contributed by atoms with E-state index >= 15 is 0 Å². The molecule has 1 unspecified atom stereocenters. The van der Waals surface area contributed by atoms with E-state index in [-0.39, 0.29) is 5.92 Å². The number of dihydropyridines is 1. The summed E-state index contributed by atoms with van der Waals surface area (Å²) < 4.78 is 5.23. The molecule has 100 valence electrons. The number of ether oxygens (including phenoxy) is 1. The van der Waals surface area contributed by atoms with Crippen LogP contribution in [0, 0.1) is 17.9 Å². The molecule has 4 nitrogen and oxygen atoms in total. The summed E-state index contributed by atoms with van der Waals surface area (Å²) in [6, 6.07) is 9.74. The smallest absolute Gasteiger partial charge is 0.196 e. The number of nitrogens with one attached hydrogen (secondary N) is 1. The van der Waals surface area contributed by atoms with Crippen molar-refractivity contribution in [2.45, 2.75) is 19.8 Å². The number of hydrogen-bond acceptors (Lipinski definition) is 3. The van der Waals surface area contributed by atoms with Gasteiger partial charge in [0.05, 0.1) is 31.2 Å². The zero-order valence-corrected chi connectivity index (χ0v) is 11.7. The van der Waals surface area contributed by atoms with Crippen molar-refractivity contribution < 1.29 is 4.74 Å². The van der Waals surface area contributed by atoms with Gasteiger partial charge in [0.2, 0.25) is 0 Å². The number of allylic oxidation sites excluding steroid dienone is 3. The second kappa shape index (κ2) is 5.50. The van der Waals surface area contributed by atoms with Crippen LogP contribution in [0.3, 0.4) is 0 Å². The zero-order valence-electron chi connectivity index (χ0n) is 11.7. The van der Waals surface area contributed by atoms with Crippen molar-refractivity contribution in [3.05, 3.63) is 63.9 Å². The number of hydrogen-bond donors (Lipinski definition) is 1. The lowest BCUT2D eigenvalue weighted by Gasteiger charge is -2.26. The maximum absolute atomic E-state index is 9.41. The molecule has 0 aromatic heterocycles. The Morgan fingerprint density at radius 1 is 1.35 bits per heavy atom. The summed E-state index contributed by atoms with van der Waals surface area (Å²) in [5.41, 5.74) is 3.62. The van der Waals surface area contributed by atoms with E-state index in [2.05, 4.69) is 16.2 Å². The van der Waals surface area contributed by atoms with Crippen LogP contribution in [0.1, 0.15) is 25.3 Å². The van der Waals surface area contributed by atoms with Crippen molar-refractivity contribution in [1.82, 2.24) is 5.32 Å². The number of rotatable bonds is 2. The molecule has 0 amide bonds. The second-order valence-corrected chi connectivity index (χ2v) is 4.61. The van der Waals surface area contributed by atoms with E-state index in [1.807, 2.05) is 38.1 Å². The summed E-state index contributed by atoms with van der Waals surface area (Å²) in [6.07, 6.45) is 0. The van der Waals surface area contributed by atoms with Crippen molar-refractivity contribution in [2.75, 3.05) is 7.11 Å². The maximum atomic E-state index is 9.41. The number of benzene rings is 1. The standard InChI is InChI=1S/C16H15N3O/c1-10-14(9-17)15(16(18-3)11(2)19-10)12-6-5-7-13(8-12)20-4/h5-8,15,19H,1-2,4H3. The number of nitrogens with zero attached hydrogens (tertiary/aromatic N) is 2. The van der Waals surface area contributed by atoms with Crippen LogP contribution in [0.5, 0.6) is 5.75 Å². The van der Waals surface area contributed by atoms with Gasteiger partial charge in [0.15, 0.2) is 5.70 Å². The van der Waals surface area contributed by atoms with Crippen molar-refractivity contribution in [3.63, 3.8) is 0 Å². The van der Waals surface area contributed by atoms with Gasteiger partial charge >= 0.3 is 0 Å². The fourth-order valence-electron chi connectivity index (χ4n) is 2.42. The Balaban J connectivity index is 2.62.